The van der Waals surface area contributed by atoms with Gasteiger partial charge in [0, 0.05) is 17.3 Å². The number of halogens is 2. The fourth-order valence-corrected chi connectivity index (χ4v) is 3.55. The molecule has 1 amide bonds. The van der Waals surface area contributed by atoms with Gasteiger partial charge in [0.05, 0.1) is 4.88 Å². The SMILES string of the molecule is O=C(Nc1ccc(F)c(F)c1)c1cc(COc2ccc3ccccc3c2)cs1. The fourth-order valence-electron chi connectivity index (χ4n) is 2.76. The smallest absolute Gasteiger partial charge is 0.265 e. The van der Waals surface area contributed by atoms with Crippen LogP contribution in [0.15, 0.2) is 72.1 Å². The second-order valence-corrected chi connectivity index (χ2v) is 7.11. The van der Waals surface area contributed by atoms with E-state index in [2.05, 4.69) is 5.32 Å². The lowest BCUT2D eigenvalue weighted by atomic mass is 10.1. The standard InChI is InChI=1S/C22H15F2NO2S/c23-19-8-6-17(11-20(19)24)25-22(26)21-9-14(13-28-21)12-27-18-7-5-15-3-1-2-4-16(15)10-18/h1-11,13H,12H2,(H,25,26). The molecule has 6 heteroatoms. The molecule has 1 heterocycles. The van der Waals surface area contributed by atoms with E-state index in [0.717, 1.165) is 34.2 Å². The molecule has 0 saturated carbocycles. The summed E-state index contributed by atoms with van der Waals surface area (Å²) in [5.41, 5.74) is 1.06. The summed E-state index contributed by atoms with van der Waals surface area (Å²) in [5.74, 6) is -1.60. The Bertz CT molecular complexity index is 1160. The van der Waals surface area contributed by atoms with Crippen LogP contribution in [0.5, 0.6) is 5.75 Å². The summed E-state index contributed by atoms with van der Waals surface area (Å²) in [6, 6.07) is 18.9. The van der Waals surface area contributed by atoms with Crippen molar-refractivity contribution in [3.8, 4) is 5.75 Å². The lowest BCUT2D eigenvalue weighted by Crippen LogP contribution is -2.10. The van der Waals surface area contributed by atoms with Crippen molar-refractivity contribution in [1.29, 1.82) is 0 Å². The quantitative estimate of drug-likeness (QED) is 0.449. The highest BCUT2D eigenvalue weighted by Gasteiger charge is 2.11. The highest BCUT2D eigenvalue weighted by atomic mass is 32.1. The van der Waals surface area contributed by atoms with Gasteiger partial charge in [-0.05, 0) is 46.5 Å². The van der Waals surface area contributed by atoms with Crippen molar-refractivity contribution in [3.05, 3.63) is 94.2 Å². The summed E-state index contributed by atoms with van der Waals surface area (Å²) in [4.78, 5) is 12.7. The molecule has 4 rings (SSSR count). The van der Waals surface area contributed by atoms with E-state index in [4.69, 9.17) is 4.74 Å². The van der Waals surface area contributed by atoms with E-state index in [1.165, 1.54) is 17.4 Å². The lowest BCUT2D eigenvalue weighted by molar-refractivity contribution is 0.103. The molecular weight excluding hydrogens is 380 g/mol. The summed E-state index contributed by atoms with van der Waals surface area (Å²) in [5, 5.41) is 6.63. The maximum atomic E-state index is 13.3. The predicted molar refractivity (Wildman–Crippen MR) is 107 cm³/mol. The van der Waals surface area contributed by atoms with Gasteiger partial charge in [-0.3, -0.25) is 4.79 Å². The Morgan fingerprint density at radius 3 is 2.57 bits per heavy atom. The van der Waals surface area contributed by atoms with E-state index in [9.17, 15) is 13.6 Å². The molecule has 0 fully saturated rings. The van der Waals surface area contributed by atoms with Gasteiger partial charge in [0.25, 0.3) is 5.91 Å². The Kier molecular flexibility index (Phi) is 5.04. The van der Waals surface area contributed by atoms with Gasteiger partial charge in [-0.25, -0.2) is 8.78 Å². The number of hydrogen-bond donors (Lipinski definition) is 1. The van der Waals surface area contributed by atoms with Crippen LogP contribution >= 0.6 is 11.3 Å². The zero-order valence-corrected chi connectivity index (χ0v) is 15.4. The Labute approximate surface area is 164 Å². The number of nitrogens with one attached hydrogen (secondary N) is 1. The molecule has 0 radical (unpaired) electrons. The van der Waals surface area contributed by atoms with Gasteiger partial charge in [0.1, 0.15) is 12.4 Å². The second-order valence-electron chi connectivity index (χ2n) is 6.20. The Morgan fingerprint density at radius 1 is 0.929 bits per heavy atom. The molecule has 1 aromatic heterocycles. The first-order chi connectivity index (χ1) is 13.6. The summed E-state index contributed by atoms with van der Waals surface area (Å²) in [6.07, 6.45) is 0. The van der Waals surface area contributed by atoms with Crippen LogP contribution in [0.3, 0.4) is 0 Å². The minimum absolute atomic E-state index is 0.200. The van der Waals surface area contributed by atoms with Crippen molar-refractivity contribution in [2.75, 3.05) is 5.32 Å². The number of fused-ring (bicyclic) bond motifs is 1. The molecule has 3 nitrogen and oxygen atoms in total. The molecule has 28 heavy (non-hydrogen) atoms. The monoisotopic (exact) mass is 395 g/mol. The van der Waals surface area contributed by atoms with Crippen molar-refractivity contribution in [2.45, 2.75) is 6.61 Å². The van der Waals surface area contributed by atoms with Gasteiger partial charge < -0.3 is 10.1 Å². The van der Waals surface area contributed by atoms with E-state index in [1.54, 1.807) is 6.07 Å². The van der Waals surface area contributed by atoms with Crippen LogP contribution in [0.4, 0.5) is 14.5 Å². The third kappa shape index (κ3) is 4.02. The minimum atomic E-state index is -1.01. The fraction of sp³-hybridized carbons (Fsp3) is 0.0455. The Balaban J connectivity index is 1.40. The minimum Gasteiger partial charge on any atom is -0.489 e. The molecule has 3 aromatic carbocycles. The zero-order chi connectivity index (χ0) is 19.5. The molecule has 0 bridgehead atoms. The van der Waals surface area contributed by atoms with Gasteiger partial charge in [-0.1, -0.05) is 30.3 Å². The van der Waals surface area contributed by atoms with Gasteiger partial charge in [-0.2, -0.15) is 0 Å². The predicted octanol–water partition coefficient (Wildman–Crippen LogP) is 6.01. The highest BCUT2D eigenvalue weighted by molar-refractivity contribution is 7.12. The number of carbonyl (C=O) groups is 1. The third-order valence-electron chi connectivity index (χ3n) is 4.18. The maximum Gasteiger partial charge on any atom is 0.265 e. The normalized spacial score (nSPS) is 10.8. The van der Waals surface area contributed by atoms with Crippen LogP contribution < -0.4 is 10.1 Å². The van der Waals surface area contributed by atoms with Gasteiger partial charge in [0.15, 0.2) is 11.6 Å². The van der Waals surface area contributed by atoms with E-state index < -0.39 is 11.6 Å². The molecule has 0 atom stereocenters. The van der Waals surface area contributed by atoms with Gasteiger partial charge >= 0.3 is 0 Å². The number of rotatable bonds is 5. The first kappa shape index (κ1) is 18.1. The van der Waals surface area contributed by atoms with E-state index in [-0.39, 0.29) is 11.6 Å². The first-order valence-electron chi connectivity index (χ1n) is 8.54. The van der Waals surface area contributed by atoms with Crippen LogP contribution in [0.2, 0.25) is 0 Å². The molecule has 140 valence electrons. The second kappa shape index (κ2) is 7.78. The van der Waals surface area contributed by atoms with Crippen LogP contribution in [0.1, 0.15) is 15.2 Å². The van der Waals surface area contributed by atoms with Crippen molar-refractivity contribution < 1.29 is 18.3 Å². The molecular formula is C22H15F2NO2S. The number of amides is 1. The number of benzene rings is 3. The number of thiophene rings is 1. The van der Waals surface area contributed by atoms with E-state index >= 15 is 0 Å². The lowest BCUT2D eigenvalue weighted by Gasteiger charge is -2.06. The van der Waals surface area contributed by atoms with E-state index in [0.29, 0.717) is 11.5 Å². The van der Waals surface area contributed by atoms with Crippen molar-refractivity contribution in [1.82, 2.24) is 0 Å². The highest BCUT2D eigenvalue weighted by Crippen LogP contribution is 2.23. The molecule has 4 aromatic rings. The van der Waals surface area contributed by atoms with Crippen LogP contribution in [0.25, 0.3) is 10.8 Å². The van der Waals surface area contributed by atoms with E-state index in [1.807, 2.05) is 47.8 Å². The zero-order valence-electron chi connectivity index (χ0n) is 14.6. The van der Waals surface area contributed by atoms with Crippen molar-refractivity contribution in [2.24, 2.45) is 0 Å². The number of ether oxygens (including phenoxy) is 1. The number of hydrogen-bond acceptors (Lipinski definition) is 3. The molecule has 0 spiro atoms. The van der Waals surface area contributed by atoms with Crippen LogP contribution in [-0.4, -0.2) is 5.91 Å². The first-order valence-corrected chi connectivity index (χ1v) is 9.42. The van der Waals surface area contributed by atoms with Crippen LogP contribution in [0, 0.1) is 11.6 Å². The molecule has 0 aliphatic rings. The summed E-state index contributed by atoms with van der Waals surface area (Å²) >= 11 is 1.26. The van der Waals surface area contributed by atoms with Gasteiger partial charge in [-0.15, -0.1) is 11.3 Å². The Hall–Kier alpha value is -3.25. The summed E-state index contributed by atoms with van der Waals surface area (Å²) < 4.78 is 32.1. The molecule has 0 saturated heterocycles. The number of carbonyl (C=O) groups excluding carboxylic acids is 1. The molecule has 1 N–H and O–H groups in total. The summed E-state index contributed by atoms with van der Waals surface area (Å²) in [6.45, 7) is 0.327. The van der Waals surface area contributed by atoms with Crippen molar-refractivity contribution >= 4 is 33.7 Å². The largest absolute Gasteiger partial charge is 0.489 e. The average molecular weight is 395 g/mol. The molecule has 0 aliphatic heterocycles. The average Bonchev–Trinajstić information content (AvgIpc) is 3.18. The number of anilines is 1. The third-order valence-corrected chi connectivity index (χ3v) is 5.16. The molecule has 0 aliphatic carbocycles. The Morgan fingerprint density at radius 2 is 1.75 bits per heavy atom. The maximum absolute atomic E-state index is 13.3. The molecule has 0 unspecified atom stereocenters. The van der Waals surface area contributed by atoms with Crippen LogP contribution in [-0.2, 0) is 6.61 Å². The van der Waals surface area contributed by atoms with Gasteiger partial charge in [0.2, 0.25) is 0 Å². The van der Waals surface area contributed by atoms with Crippen molar-refractivity contribution in [3.63, 3.8) is 0 Å². The summed E-state index contributed by atoms with van der Waals surface area (Å²) in [7, 11) is 0. The topological polar surface area (TPSA) is 38.3 Å².